The third-order valence-corrected chi connectivity index (χ3v) is 9.22. The zero-order chi connectivity index (χ0) is 27.7. The van der Waals surface area contributed by atoms with Gasteiger partial charge in [-0.3, -0.25) is 9.52 Å². The van der Waals surface area contributed by atoms with E-state index in [1.807, 2.05) is 9.80 Å². The number of aromatic nitrogens is 2. The molecule has 0 aliphatic carbocycles. The summed E-state index contributed by atoms with van der Waals surface area (Å²) in [6.45, 7) is 0.964. The van der Waals surface area contributed by atoms with E-state index in [0.29, 0.717) is 63.5 Å². The molecule has 10 nitrogen and oxygen atoms in total. The number of nitrogens with zero attached hydrogens (tertiary/aromatic N) is 4. The molecule has 6 aliphatic rings. The van der Waals surface area contributed by atoms with Crippen molar-refractivity contribution in [2.75, 3.05) is 58.4 Å². The summed E-state index contributed by atoms with van der Waals surface area (Å²) in [6, 6.07) is 6.12. The average Bonchev–Trinajstić information content (AvgIpc) is 2.89. The van der Waals surface area contributed by atoms with E-state index in [-0.39, 0.29) is 36.3 Å². The number of nitrogens with one attached hydrogen (secondary N) is 2. The van der Waals surface area contributed by atoms with Crippen molar-refractivity contribution in [2.24, 2.45) is 0 Å². The summed E-state index contributed by atoms with van der Waals surface area (Å²) >= 11 is 0. The van der Waals surface area contributed by atoms with Crippen LogP contribution in [0.1, 0.15) is 55.3 Å². The van der Waals surface area contributed by atoms with Crippen molar-refractivity contribution in [3.63, 3.8) is 0 Å². The molecule has 39 heavy (non-hydrogen) atoms. The van der Waals surface area contributed by atoms with Crippen LogP contribution >= 0.6 is 0 Å². The van der Waals surface area contributed by atoms with Crippen molar-refractivity contribution in [2.45, 2.75) is 56.3 Å². The van der Waals surface area contributed by atoms with Gasteiger partial charge in [-0.15, -0.1) is 0 Å². The van der Waals surface area contributed by atoms with Crippen molar-refractivity contribution in [3.05, 3.63) is 36.0 Å². The number of rotatable bonds is 4. The minimum absolute atomic E-state index is 0.219. The van der Waals surface area contributed by atoms with E-state index in [0.717, 1.165) is 0 Å². The second kappa shape index (κ2) is 10.8. The number of halogens is 2. The topological polar surface area (TPSA) is 128 Å². The number of hydrogen-bond donors (Lipinski definition) is 3. The first-order valence-corrected chi connectivity index (χ1v) is 15.0. The molecular weight excluding hydrogens is 530 g/mol. The molecule has 6 aliphatic heterocycles. The molecule has 7 heterocycles. The van der Waals surface area contributed by atoms with Gasteiger partial charge >= 0.3 is 0 Å². The first kappa shape index (κ1) is 27.5. The van der Waals surface area contributed by atoms with Crippen LogP contribution in [0.15, 0.2) is 30.5 Å². The highest BCUT2D eigenvalue weighted by Gasteiger charge is 2.39. The molecule has 0 unspecified atom stereocenters. The third-order valence-electron chi connectivity index (χ3n) is 7.95. The van der Waals surface area contributed by atoms with Gasteiger partial charge in [0.25, 0.3) is 5.91 Å². The molecule has 0 saturated carbocycles. The average molecular weight is 565 g/mol. The number of anilines is 4. The SMILES string of the molecule is O=C1Nc2ccnc(n2)N2CCC(F)(CCCC3(F)CCN(CC3)c3cc(NS(=O)(=O)CCO)ccc31)CC2. The van der Waals surface area contributed by atoms with Gasteiger partial charge in [0.2, 0.25) is 16.0 Å². The summed E-state index contributed by atoms with van der Waals surface area (Å²) in [7, 11) is -3.79. The lowest BCUT2D eigenvalue weighted by molar-refractivity contribution is 0.0789. The second-order valence-corrected chi connectivity index (χ2v) is 12.5. The zero-order valence-electron chi connectivity index (χ0n) is 21.7. The van der Waals surface area contributed by atoms with Gasteiger partial charge in [0, 0.05) is 32.4 Å². The van der Waals surface area contributed by atoms with E-state index in [4.69, 9.17) is 5.11 Å². The number of benzene rings is 1. The Hall–Kier alpha value is -3.06. The fourth-order valence-corrected chi connectivity index (χ4v) is 6.46. The summed E-state index contributed by atoms with van der Waals surface area (Å²) in [4.78, 5) is 26.0. The van der Waals surface area contributed by atoms with Crippen LogP contribution in [-0.4, -0.2) is 79.3 Å². The van der Waals surface area contributed by atoms with Crippen molar-refractivity contribution in [1.82, 2.24) is 9.97 Å². The minimum atomic E-state index is -3.79. The molecule has 212 valence electrons. The normalized spacial score (nSPS) is 26.0. The van der Waals surface area contributed by atoms with Crippen LogP contribution in [0.5, 0.6) is 0 Å². The molecular formula is C26H34F2N6O4S. The van der Waals surface area contributed by atoms with Crippen LogP contribution in [0.2, 0.25) is 0 Å². The second-order valence-electron chi connectivity index (χ2n) is 10.7. The lowest BCUT2D eigenvalue weighted by atomic mass is 9.83. The summed E-state index contributed by atoms with van der Waals surface area (Å²) < 4.78 is 58.2. The first-order chi connectivity index (χ1) is 18.6. The predicted molar refractivity (Wildman–Crippen MR) is 145 cm³/mol. The molecule has 1 aromatic heterocycles. The Morgan fingerprint density at radius 1 is 0.974 bits per heavy atom. The number of aliphatic hydroxyl groups excluding tert-OH is 1. The molecule has 6 bridgehead atoms. The van der Waals surface area contributed by atoms with Gasteiger partial charge in [-0.05, 0) is 69.2 Å². The molecule has 8 rings (SSSR count). The number of hydrogen-bond acceptors (Lipinski definition) is 8. The lowest BCUT2D eigenvalue weighted by Gasteiger charge is -2.40. The molecule has 3 N–H and O–H groups in total. The molecule has 2 saturated heterocycles. The van der Waals surface area contributed by atoms with Gasteiger partial charge < -0.3 is 20.2 Å². The number of sulfonamides is 1. The fourth-order valence-electron chi connectivity index (χ4n) is 5.63. The van der Waals surface area contributed by atoms with Crippen molar-refractivity contribution in [1.29, 1.82) is 0 Å². The summed E-state index contributed by atoms with van der Waals surface area (Å²) in [5.41, 5.74) is -1.79. The monoisotopic (exact) mass is 564 g/mol. The highest BCUT2D eigenvalue weighted by molar-refractivity contribution is 7.92. The van der Waals surface area contributed by atoms with Gasteiger partial charge in [-0.1, -0.05) is 0 Å². The molecule has 0 spiro atoms. The van der Waals surface area contributed by atoms with Crippen LogP contribution in [-0.2, 0) is 10.0 Å². The lowest BCUT2D eigenvalue weighted by Crippen LogP contribution is -2.44. The van der Waals surface area contributed by atoms with E-state index in [1.54, 1.807) is 18.3 Å². The number of carbonyl (C=O) groups excluding carboxylic acids is 1. The van der Waals surface area contributed by atoms with Crippen molar-refractivity contribution < 1.29 is 27.1 Å². The van der Waals surface area contributed by atoms with Gasteiger partial charge in [0.15, 0.2) is 0 Å². The van der Waals surface area contributed by atoms with E-state index in [2.05, 4.69) is 20.0 Å². The van der Waals surface area contributed by atoms with E-state index < -0.39 is 39.6 Å². The number of amides is 1. The maximum absolute atomic E-state index is 15.7. The summed E-state index contributed by atoms with van der Waals surface area (Å²) in [5, 5.41) is 11.9. The Morgan fingerprint density at radius 2 is 1.62 bits per heavy atom. The van der Waals surface area contributed by atoms with Gasteiger partial charge in [0.05, 0.1) is 29.3 Å². The minimum Gasteiger partial charge on any atom is -0.395 e. The summed E-state index contributed by atoms with van der Waals surface area (Å²) in [5.74, 6) is -0.246. The van der Waals surface area contributed by atoms with Gasteiger partial charge in [-0.2, -0.15) is 4.98 Å². The van der Waals surface area contributed by atoms with Gasteiger partial charge in [-0.25, -0.2) is 22.2 Å². The third kappa shape index (κ3) is 6.40. The molecule has 0 radical (unpaired) electrons. The predicted octanol–water partition coefficient (Wildman–Crippen LogP) is 3.26. The quantitative estimate of drug-likeness (QED) is 0.517. The standard InChI is InChI=1S/C26H34F2N6O4S/c27-25-5-1-6-26(28)9-14-34(15-10-26)24-29-11-4-22(31-24)30-23(36)20-3-2-19(32-39(37,38)17-16-35)18-21(20)33(12-7-25)13-8-25/h2-4,11,18,32,35H,1,5-10,12-17H2,(H,29,30,31,36). The van der Waals surface area contributed by atoms with Gasteiger partial charge in [0.1, 0.15) is 17.2 Å². The number of alkyl halides is 2. The Bertz CT molecular complexity index is 1310. The summed E-state index contributed by atoms with van der Waals surface area (Å²) in [6.07, 6.45) is 3.65. The Kier molecular flexibility index (Phi) is 7.64. The first-order valence-electron chi connectivity index (χ1n) is 13.3. The van der Waals surface area contributed by atoms with Crippen LogP contribution in [0, 0.1) is 0 Å². The van der Waals surface area contributed by atoms with Crippen LogP contribution < -0.4 is 19.8 Å². The Morgan fingerprint density at radius 3 is 2.26 bits per heavy atom. The smallest absolute Gasteiger partial charge is 0.258 e. The Labute approximate surface area is 226 Å². The molecule has 2 aromatic rings. The van der Waals surface area contributed by atoms with Crippen molar-refractivity contribution >= 4 is 39.1 Å². The van der Waals surface area contributed by atoms with E-state index in [9.17, 15) is 13.2 Å². The molecule has 2 fully saturated rings. The fraction of sp³-hybridized carbons (Fsp3) is 0.577. The van der Waals surface area contributed by atoms with Crippen LogP contribution in [0.4, 0.5) is 31.9 Å². The highest BCUT2D eigenvalue weighted by atomic mass is 32.2. The maximum Gasteiger partial charge on any atom is 0.258 e. The Balaban J connectivity index is 1.49. The molecule has 1 aromatic carbocycles. The number of piperidine rings is 2. The zero-order valence-corrected chi connectivity index (χ0v) is 22.5. The maximum atomic E-state index is 15.7. The van der Waals surface area contributed by atoms with E-state index >= 15 is 8.78 Å². The largest absolute Gasteiger partial charge is 0.395 e. The van der Waals surface area contributed by atoms with Crippen LogP contribution in [0.3, 0.4) is 0 Å². The molecule has 13 heteroatoms. The number of carbonyl (C=O) groups is 1. The molecule has 1 amide bonds. The van der Waals surface area contributed by atoms with Crippen LogP contribution in [0.25, 0.3) is 0 Å². The van der Waals surface area contributed by atoms with Crippen molar-refractivity contribution in [3.8, 4) is 0 Å². The number of aliphatic hydroxyl groups is 1. The highest BCUT2D eigenvalue weighted by Crippen LogP contribution is 2.39. The molecule has 0 atom stereocenters. The van der Waals surface area contributed by atoms with E-state index in [1.165, 1.54) is 12.1 Å².